The lowest BCUT2D eigenvalue weighted by atomic mass is 9.93. The van der Waals surface area contributed by atoms with Crippen LogP contribution in [0, 0.1) is 0 Å². The predicted molar refractivity (Wildman–Crippen MR) is 131 cm³/mol. The van der Waals surface area contributed by atoms with Crippen LogP contribution in [0.15, 0.2) is 61.5 Å². The first-order valence-electron chi connectivity index (χ1n) is 11.8. The Hall–Kier alpha value is -3.81. The van der Waals surface area contributed by atoms with E-state index in [1.54, 1.807) is 0 Å². The number of hydrogen-bond donors (Lipinski definition) is 1. The van der Waals surface area contributed by atoms with Gasteiger partial charge in [0.1, 0.15) is 12.4 Å². The normalized spacial score (nSPS) is 15.2. The molecule has 0 radical (unpaired) electrons. The first-order valence-corrected chi connectivity index (χ1v) is 11.8. The van der Waals surface area contributed by atoms with Crippen LogP contribution in [0.4, 0.5) is 5.69 Å². The molecule has 0 saturated heterocycles. The smallest absolute Gasteiger partial charge is 0.261 e. The van der Waals surface area contributed by atoms with Gasteiger partial charge in [0.25, 0.3) is 11.8 Å². The molecule has 34 heavy (non-hydrogen) atoms. The van der Waals surface area contributed by atoms with Gasteiger partial charge in [-0.15, -0.1) is 0 Å². The largest absolute Gasteiger partial charge is 0.384 e. The molecular weight excluding hydrogens is 428 g/mol. The molecular formula is C26H31N6O2+. The Morgan fingerprint density at radius 1 is 0.971 bits per heavy atom. The number of nitrogens with zero attached hydrogens (tertiary/aromatic N) is 5. The molecule has 8 nitrogen and oxygen atoms in total. The molecule has 0 aliphatic carbocycles. The van der Waals surface area contributed by atoms with E-state index in [2.05, 4.69) is 32.2 Å². The molecule has 8 heteroatoms. The van der Waals surface area contributed by atoms with Gasteiger partial charge in [0.15, 0.2) is 0 Å². The van der Waals surface area contributed by atoms with E-state index in [1.807, 2.05) is 67.6 Å². The summed E-state index contributed by atoms with van der Waals surface area (Å²) in [6.45, 7) is 3.78. The van der Waals surface area contributed by atoms with E-state index in [9.17, 15) is 9.59 Å². The van der Waals surface area contributed by atoms with Crippen molar-refractivity contribution in [3.05, 3.63) is 72.6 Å². The minimum Gasteiger partial charge on any atom is -0.384 e. The third-order valence-corrected chi connectivity index (χ3v) is 6.49. The van der Waals surface area contributed by atoms with E-state index >= 15 is 0 Å². The van der Waals surface area contributed by atoms with Crippen molar-refractivity contribution in [3.8, 4) is 0 Å². The maximum atomic E-state index is 13.3. The average molecular weight is 460 g/mol. The van der Waals surface area contributed by atoms with Crippen LogP contribution >= 0.6 is 0 Å². The molecule has 0 unspecified atom stereocenters. The summed E-state index contributed by atoms with van der Waals surface area (Å²) in [5, 5.41) is 5.19. The highest BCUT2D eigenvalue weighted by atomic mass is 16.2. The van der Waals surface area contributed by atoms with Crippen molar-refractivity contribution in [2.24, 2.45) is 7.05 Å². The molecule has 176 valence electrons. The SMILES string of the molecule is CN1C=CN(CCCN2C(=O)c3cccc4c(NCCCn5cc[n+](C)c5)ccc(c34)C2=O)C1. The van der Waals surface area contributed by atoms with Gasteiger partial charge in [0.2, 0.25) is 6.33 Å². The summed E-state index contributed by atoms with van der Waals surface area (Å²) in [7, 11) is 4.04. The molecule has 2 amide bonds. The zero-order valence-corrected chi connectivity index (χ0v) is 19.8. The lowest BCUT2D eigenvalue weighted by Gasteiger charge is -2.28. The van der Waals surface area contributed by atoms with Gasteiger partial charge in [-0.25, -0.2) is 9.13 Å². The molecule has 1 N–H and O–H groups in total. The lowest BCUT2D eigenvalue weighted by molar-refractivity contribution is -0.671. The fourth-order valence-corrected chi connectivity index (χ4v) is 4.79. The fourth-order valence-electron chi connectivity index (χ4n) is 4.79. The molecule has 0 fully saturated rings. The number of rotatable bonds is 9. The van der Waals surface area contributed by atoms with Gasteiger partial charge < -0.3 is 15.1 Å². The summed E-state index contributed by atoms with van der Waals surface area (Å²) in [4.78, 5) is 32.2. The van der Waals surface area contributed by atoms with Crippen molar-refractivity contribution in [1.82, 2.24) is 19.3 Å². The van der Waals surface area contributed by atoms with Crippen molar-refractivity contribution < 1.29 is 14.2 Å². The predicted octanol–water partition coefficient (Wildman–Crippen LogP) is 2.63. The van der Waals surface area contributed by atoms with E-state index < -0.39 is 0 Å². The van der Waals surface area contributed by atoms with Crippen molar-refractivity contribution >= 4 is 28.3 Å². The number of nitrogens with one attached hydrogen (secondary N) is 1. The Bertz CT molecular complexity index is 1240. The molecule has 0 bridgehead atoms. The highest BCUT2D eigenvalue weighted by Crippen LogP contribution is 2.34. The second-order valence-electron chi connectivity index (χ2n) is 9.11. The Labute approximate surface area is 199 Å². The third kappa shape index (κ3) is 4.23. The summed E-state index contributed by atoms with van der Waals surface area (Å²) >= 11 is 0. The van der Waals surface area contributed by atoms with Gasteiger partial charge in [-0.05, 0) is 24.6 Å². The second-order valence-corrected chi connectivity index (χ2v) is 9.11. The number of benzene rings is 2. The Morgan fingerprint density at radius 2 is 1.79 bits per heavy atom. The number of imide groups is 1. The molecule has 0 atom stereocenters. The van der Waals surface area contributed by atoms with Crippen molar-refractivity contribution in [2.75, 3.05) is 38.7 Å². The van der Waals surface area contributed by atoms with Gasteiger partial charge in [-0.1, -0.05) is 12.1 Å². The zero-order valence-electron chi connectivity index (χ0n) is 19.8. The van der Waals surface area contributed by atoms with Gasteiger partial charge >= 0.3 is 0 Å². The van der Waals surface area contributed by atoms with Crippen LogP contribution in [0.3, 0.4) is 0 Å². The molecule has 2 aliphatic rings. The Kier molecular flexibility index (Phi) is 5.96. The molecule has 2 aliphatic heterocycles. The van der Waals surface area contributed by atoms with Gasteiger partial charge in [-0.3, -0.25) is 14.5 Å². The molecule has 3 aromatic rings. The summed E-state index contributed by atoms with van der Waals surface area (Å²) < 4.78 is 4.18. The minimum atomic E-state index is -0.199. The highest BCUT2D eigenvalue weighted by molar-refractivity contribution is 6.26. The Morgan fingerprint density at radius 3 is 2.53 bits per heavy atom. The number of carbonyl (C=O) groups is 2. The van der Waals surface area contributed by atoms with Crippen molar-refractivity contribution in [2.45, 2.75) is 19.4 Å². The number of imidazole rings is 1. The summed E-state index contributed by atoms with van der Waals surface area (Å²) in [5.74, 6) is -0.399. The van der Waals surface area contributed by atoms with Crippen LogP contribution in [0.5, 0.6) is 0 Å². The first kappa shape index (κ1) is 22.0. The van der Waals surface area contributed by atoms with Crippen LogP contribution in [0.1, 0.15) is 33.6 Å². The topological polar surface area (TPSA) is 64.7 Å². The van der Waals surface area contributed by atoms with Crippen LogP contribution < -0.4 is 9.88 Å². The maximum absolute atomic E-state index is 13.3. The van der Waals surface area contributed by atoms with Crippen LogP contribution in [0.25, 0.3) is 10.8 Å². The molecule has 5 rings (SSSR count). The van der Waals surface area contributed by atoms with Crippen molar-refractivity contribution in [3.63, 3.8) is 0 Å². The zero-order chi connectivity index (χ0) is 23.7. The Balaban J connectivity index is 1.28. The molecule has 1 aromatic heterocycles. The van der Waals surface area contributed by atoms with Gasteiger partial charge in [-0.2, -0.15) is 0 Å². The number of carbonyl (C=O) groups excluding carboxylic acids is 2. The van der Waals surface area contributed by atoms with Crippen molar-refractivity contribution in [1.29, 1.82) is 0 Å². The lowest BCUT2D eigenvalue weighted by Crippen LogP contribution is -2.41. The summed E-state index contributed by atoms with van der Waals surface area (Å²) in [5.41, 5.74) is 2.17. The number of anilines is 1. The van der Waals surface area contributed by atoms with E-state index in [4.69, 9.17) is 0 Å². The number of aromatic nitrogens is 2. The number of aryl methyl sites for hydroxylation is 2. The van der Waals surface area contributed by atoms with E-state index in [0.29, 0.717) is 17.7 Å². The second kappa shape index (κ2) is 9.21. The summed E-state index contributed by atoms with van der Waals surface area (Å²) in [6.07, 6.45) is 11.9. The van der Waals surface area contributed by atoms with Crippen LogP contribution in [-0.4, -0.2) is 64.4 Å². The first-order chi connectivity index (χ1) is 16.5. The quantitative estimate of drug-likeness (QED) is 0.303. The molecule has 0 spiro atoms. The van der Waals surface area contributed by atoms with E-state index in [1.165, 1.54) is 4.90 Å². The van der Waals surface area contributed by atoms with Crippen LogP contribution in [-0.2, 0) is 13.6 Å². The summed E-state index contributed by atoms with van der Waals surface area (Å²) in [6, 6.07) is 9.56. The molecule has 3 heterocycles. The monoisotopic (exact) mass is 459 g/mol. The van der Waals surface area contributed by atoms with E-state index in [-0.39, 0.29) is 11.8 Å². The maximum Gasteiger partial charge on any atom is 0.261 e. The van der Waals surface area contributed by atoms with Gasteiger partial charge in [0, 0.05) is 73.1 Å². The molecule has 0 saturated carbocycles. The number of hydrogen-bond acceptors (Lipinski definition) is 5. The van der Waals surface area contributed by atoms with Gasteiger partial charge in [0.05, 0.1) is 20.3 Å². The average Bonchev–Trinajstić information content (AvgIpc) is 3.45. The standard InChI is InChI=1S/C26H30N6O2/c1-28-14-16-30(18-28)11-4-10-27-23-9-8-22-24-20(23)6-3-7-21(24)25(33)32(26(22)34)13-5-12-31-17-15-29(2)19-31/h3,6-9,14-18H,4-5,10-13,19H2,1-2H3/p+1. The van der Waals surface area contributed by atoms with E-state index in [0.717, 1.165) is 55.6 Å². The third-order valence-electron chi connectivity index (χ3n) is 6.49. The number of amides is 2. The van der Waals surface area contributed by atoms with Crippen LogP contribution in [0.2, 0.25) is 0 Å². The highest BCUT2D eigenvalue weighted by Gasteiger charge is 2.33. The fraction of sp³-hybridized carbons (Fsp3) is 0.346. The molecule has 2 aromatic carbocycles. The minimum absolute atomic E-state index is 0.199.